The summed E-state index contributed by atoms with van der Waals surface area (Å²) in [7, 11) is 0. The second-order valence-electron chi connectivity index (χ2n) is 12.5. The summed E-state index contributed by atoms with van der Waals surface area (Å²) in [5.74, 6) is 1.28. The number of nitrogens with zero attached hydrogens (tertiary/aromatic N) is 6. The van der Waals surface area contributed by atoms with Crippen molar-refractivity contribution < 1.29 is 9.90 Å². The molecule has 9 heteroatoms. The van der Waals surface area contributed by atoms with Crippen molar-refractivity contribution >= 4 is 28.7 Å². The van der Waals surface area contributed by atoms with Crippen LogP contribution < -0.4 is 10.2 Å². The fourth-order valence-corrected chi connectivity index (χ4v) is 5.53. The Balaban J connectivity index is 1.76. The van der Waals surface area contributed by atoms with Crippen LogP contribution in [0.1, 0.15) is 95.9 Å². The lowest BCUT2D eigenvalue weighted by molar-refractivity contribution is -0.116. The first-order chi connectivity index (χ1) is 18.3. The van der Waals surface area contributed by atoms with Crippen LogP contribution in [-0.2, 0) is 4.79 Å². The smallest absolute Gasteiger partial charge is 0.243 e. The molecule has 2 aliphatic rings. The first kappa shape index (κ1) is 28.7. The molecule has 3 heterocycles. The van der Waals surface area contributed by atoms with Gasteiger partial charge in [0.05, 0.1) is 11.4 Å². The number of amides is 1. The van der Waals surface area contributed by atoms with Crippen LogP contribution in [0.3, 0.4) is 0 Å². The largest absolute Gasteiger partial charge is 0.396 e. The number of aliphatic imine (C=N–C) groups is 1. The average molecular weight is 534 g/mol. The standard InChI is InChI=1S/C30H43N7O2/c1-10-24(39)31-17-20(4)27-33-28-25(26(29(5,6)7)34-37(28)35-27)32-22-15-21-19(3)16-30(8,9)36(12-11-13-38)23(21)14-18(22)2/h10,14-15,19-20,38H,1,11-13,16-17H2,2-9H3,(H,31,39)/b32-25-. The van der Waals surface area contributed by atoms with Crippen molar-refractivity contribution in [2.45, 2.75) is 85.6 Å². The summed E-state index contributed by atoms with van der Waals surface area (Å²) in [4.78, 5) is 25.7. The molecule has 9 nitrogen and oxygen atoms in total. The Morgan fingerprint density at radius 1 is 1.36 bits per heavy atom. The SMILES string of the molecule is C=CC(=O)NCC(C)c1nc2n(n1)N=C(C(C)(C)C)/C2=N/c1cc2c(cc1C)N(CCCO)C(C)(C)CC2C. The van der Waals surface area contributed by atoms with Crippen LogP contribution in [0.4, 0.5) is 11.4 Å². The zero-order valence-corrected chi connectivity index (χ0v) is 24.7. The van der Waals surface area contributed by atoms with Crippen molar-refractivity contribution in [1.29, 1.82) is 0 Å². The third kappa shape index (κ3) is 5.69. The monoisotopic (exact) mass is 533 g/mol. The highest BCUT2D eigenvalue weighted by Crippen LogP contribution is 2.46. The maximum Gasteiger partial charge on any atom is 0.243 e. The van der Waals surface area contributed by atoms with Crippen LogP contribution in [-0.4, -0.2) is 62.5 Å². The van der Waals surface area contributed by atoms with E-state index in [0.717, 1.165) is 42.1 Å². The molecule has 2 atom stereocenters. The number of anilines is 1. The van der Waals surface area contributed by atoms with Crippen LogP contribution in [0.5, 0.6) is 0 Å². The van der Waals surface area contributed by atoms with E-state index in [1.165, 1.54) is 17.3 Å². The molecule has 0 fully saturated rings. The van der Waals surface area contributed by atoms with E-state index in [9.17, 15) is 9.90 Å². The van der Waals surface area contributed by atoms with E-state index in [-0.39, 0.29) is 29.4 Å². The van der Waals surface area contributed by atoms with E-state index in [1.54, 1.807) is 4.79 Å². The number of aliphatic hydroxyl groups excluding tert-OH is 1. The molecule has 39 heavy (non-hydrogen) atoms. The molecular weight excluding hydrogens is 490 g/mol. The second kappa shape index (κ2) is 10.7. The number of hydrogen-bond acceptors (Lipinski definition) is 7. The first-order valence-electron chi connectivity index (χ1n) is 13.9. The summed E-state index contributed by atoms with van der Waals surface area (Å²) in [6, 6.07) is 4.46. The van der Waals surface area contributed by atoms with E-state index in [1.807, 2.05) is 6.92 Å². The highest BCUT2D eigenvalue weighted by atomic mass is 16.3. The molecule has 0 saturated heterocycles. The molecule has 0 spiro atoms. The average Bonchev–Trinajstić information content (AvgIpc) is 3.42. The number of fused-ring (bicyclic) bond motifs is 2. The van der Waals surface area contributed by atoms with Crippen molar-refractivity contribution in [3.8, 4) is 0 Å². The molecule has 1 aromatic carbocycles. The Hall–Kier alpha value is -3.33. The molecular formula is C30H43N7O2. The Morgan fingerprint density at radius 3 is 2.72 bits per heavy atom. The van der Waals surface area contributed by atoms with Gasteiger partial charge in [-0.2, -0.15) is 5.10 Å². The van der Waals surface area contributed by atoms with Gasteiger partial charge in [-0.05, 0) is 68.9 Å². The van der Waals surface area contributed by atoms with Gasteiger partial charge in [-0.25, -0.2) is 9.98 Å². The summed E-state index contributed by atoms with van der Waals surface area (Å²) in [5.41, 5.74) is 5.80. The summed E-state index contributed by atoms with van der Waals surface area (Å²) < 4.78 is 0. The Morgan fingerprint density at radius 2 is 2.08 bits per heavy atom. The summed E-state index contributed by atoms with van der Waals surface area (Å²) >= 11 is 0. The number of benzene rings is 1. The minimum absolute atomic E-state index is 0.00755. The van der Waals surface area contributed by atoms with E-state index < -0.39 is 0 Å². The molecule has 2 unspecified atom stereocenters. The number of aromatic nitrogens is 3. The van der Waals surface area contributed by atoms with Gasteiger partial charge in [0, 0.05) is 42.3 Å². The summed E-state index contributed by atoms with van der Waals surface area (Å²) in [6.07, 6.45) is 3.02. The third-order valence-electron chi connectivity index (χ3n) is 7.63. The summed E-state index contributed by atoms with van der Waals surface area (Å²) in [5, 5.41) is 21.8. The van der Waals surface area contributed by atoms with Gasteiger partial charge in [-0.15, -0.1) is 9.89 Å². The molecule has 0 bridgehead atoms. The van der Waals surface area contributed by atoms with Gasteiger partial charge in [-0.3, -0.25) is 4.79 Å². The quantitative estimate of drug-likeness (QED) is 0.472. The van der Waals surface area contributed by atoms with Crippen LogP contribution in [0.2, 0.25) is 0 Å². The zero-order chi connectivity index (χ0) is 28.7. The number of rotatable bonds is 8. The maximum atomic E-state index is 11.6. The number of nitrogens with one attached hydrogen (secondary N) is 1. The minimum atomic E-state index is -0.258. The lowest BCUT2D eigenvalue weighted by Crippen LogP contribution is -2.49. The third-order valence-corrected chi connectivity index (χ3v) is 7.63. The van der Waals surface area contributed by atoms with Crippen molar-refractivity contribution in [1.82, 2.24) is 20.2 Å². The number of aliphatic hydroxyl groups is 1. The van der Waals surface area contributed by atoms with Crippen molar-refractivity contribution in [2.75, 3.05) is 24.6 Å². The highest BCUT2D eigenvalue weighted by molar-refractivity contribution is 6.50. The van der Waals surface area contributed by atoms with Crippen LogP contribution in [0, 0.1) is 12.3 Å². The van der Waals surface area contributed by atoms with Gasteiger partial charge in [-0.1, -0.05) is 41.2 Å². The summed E-state index contributed by atoms with van der Waals surface area (Å²) in [6.45, 7) is 22.2. The van der Waals surface area contributed by atoms with Crippen LogP contribution >= 0.6 is 0 Å². The number of hydrogen-bond donors (Lipinski definition) is 2. The van der Waals surface area contributed by atoms with Gasteiger partial charge >= 0.3 is 0 Å². The molecule has 210 valence electrons. The topological polar surface area (TPSA) is 108 Å². The fraction of sp³-hybridized carbons (Fsp3) is 0.567. The van der Waals surface area contributed by atoms with Crippen LogP contribution in [0.25, 0.3) is 0 Å². The van der Waals surface area contributed by atoms with Crippen LogP contribution in [0.15, 0.2) is 34.9 Å². The predicted molar refractivity (Wildman–Crippen MR) is 157 cm³/mol. The highest BCUT2D eigenvalue weighted by Gasteiger charge is 2.38. The van der Waals surface area contributed by atoms with Crippen molar-refractivity contribution in [3.05, 3.63) is 47.6 Å². The Kier molecular flexibility index (Phi) is 7.85. The Labute approximate surface area is 232 Å². The predicted octanol–water partition coefficient (Wildman–Crippen LogP) is 4.85. The van der Waals surface area contributed by atoms with Crippen molar-refractivity contribution in [3.63, 3.8) is 0 Å². The van der Waals surface area contributed by atoms with Gasteiger partial charge in [0.25, 0.3) is 0 Å². The molecule has 0 radical (unpaired) electrons. The van der Waals surface area contributed by atoms with E-state index in [2.05, 4.69) is 82.5 Å². The number of carbonyl (C=O) groups is 1. The van der Waals surface area contributed by atoms with Crippen molar-refractivity contribution in [2.24, 2.45) is 15.5 Å². The van der Waals surface area contributed by atoms with Gasteiger partial charge in [0.15, 0.2) is 5.82 Å². The number of aryl methyl sites for hydroxylation is 1. The molecule has 0 aliphatic carbocycles. The minimum Gasteiger partial charge on any atom is -0.396 e. The first-order valence-corrected chi connectivity index (χ1v) is 13.9. The maximum absolute atomic E-state index is 11.6. The zero-order valence-electron chi connectivity index (χ0n) is 24.7. The van der Waals surface area contributed by atoms with E-state index >= 15 is 0 Å². The second-order valence-corrected chi connectivity index (χ2v) is 12.5. The lowest BCUT2D eigenvalue weighted by Gasteiger charge is -2.48. The normalized spacial score (nSPS) is 19.9. The van der Waals surface area contributed by atoms with Gasteiger partial charge < -0.3 is 15.3 Å². The Bertz CT molecular complexity index is 1330. The fourth-order valence-electron chi connectivity index (χ4n) is 5.53. The molecule has 4 rings (SSSR count). The molecule has 2 aliphatic heterocycles. The lowest BCUT2D eigenvalue weighted by atomic mass is 9.79. The molecule has 0 saturated carbocycles. The molecule has 1 amide bonds. The van der Waals surface area contributed by atoms with E-state index in [0.29, 0.717) is 24.1 Å². The van der Waals surface area contributed by atoms with Gasteiger partial charge in [0.1, 0.15) is 5.71 Å². The molecule has 1 aromatic heterocycles. The van der Waals surface area contributed by atoms with E-state index in [4.69, 9.17) is 15.1 Å². The number of carbonyl (C=O) groups excluding carboxylic acids is 1. The molecule has 2 aromatic rings. The van der Waals surface area contributed by atoms with Gasteiger partial charge in [0.2, 0.25) is 11.7 Å². The molecule has 2 N–H and O–H groups in total.